The van der Waals surface area contributed by atoms with E-state index in [-0.39, 0.29) is 6.54 Å². The fourth-order valence-corrected chi connectivity index (χ4v) is 0.312. The van der Waals surface area contributed by atoms with Gasteiger partial charge in [0, 0.05) is 12.8 Å². The fourth-order valence-electron chi connectivity index (χ4n) is 0.312. The molecule has 0 aliphatic rings. The van der Waals surface area contributed by atoms with Gasteiger partial charge < -0.3 is 0 Å². The zero-order valence-corrected chi connectivity index (χ0v) is 5.53. The molecule has 52 valence electrons. The number of amides is 2. The lowest BCUT2D eigenvalue weighted by atomic mass is 10.7. The van der Waals surface area contributed by atoms with Crippen LogP contribution >= 0.6 is 0 Å². The van der Waals surface area contributed by atoms with Gasteiger partial charge in [0.05, 0.1) is 0 Å². The van der Waals surface area contributed by atoms with Crippen LogP contribution in [0.1, 0.15) is 13.8 Å². The van der Waals surface area contributed by atoms with Crippen molar-refractivity contribution < 1.29 is 10.0 Å². The molecule has 9 heavy (non-hydrogen) atoms. The molecule has 0 bridgehead atoms. The van der Waals surface area contributed by atoms with Crippen molar-refractivity contribution in [2.75, 3.05) is 6.54 Å². The first-order valence-electron chi connectivity index (χ1n) is 2.71. The molecule has 0 aromatic rings. The van der Waals surface area contributed by atoms with Crippen molar-refractivity contribution in [2.24, 2.45) is 4.99 Å². The zero-order valence-electron chi connectivity index (χ0n) is 5.53. The normalized spacial score (nSPS) is 10.1. The van der Waals surface area contributed by atoms with Crippen LogP contribution in [0.4, 0.5) is 4.79 Å². The minimum Gasteiger partial charge on any atom is -0.284 e. The minimum absolute atomic E-state index is 0.260. The van der Waals surface area contributed by atoms with Gasteiger partial charge >= 0.3 is 6.03 Å². The van der Waals surface area contributed by atoms with Crippen molar-refractivity contribution in [1.82, 2.24) is 5.06 Å². The molecule has 0 radical (unpaired) electrons. The summed E-state index contributed by atoms with van der Waals surface area (Å²) in [6.45, 7) is 3.53. The first-order valence-corrected chi connectivity index (χ1v) is 2.71. The van der Waals surface area contributed by atoms with Crippen LogP contribution < -0.4 is 0 Å². The summed E-state index contributed by atoms with van der Waals surface area (Å²) in [4.78, 5) is 13.8. The van der Waals surface area contributed by atoms with Crippen LogP contribution in [-0.2, 0) is 0 Å². The van der Waals surface area contributed by atoms with Gasteiger partial charge in [0.1, 0.15) is 0 Å². The predicted octanol–water partition coefficient (Wildman–Crippen LogP) is 0.908. The van der Waals surface area contributed by atoms with Gasteiger partial charge in [-0.25, -0.2) is 14.9 Å². The van der Waals surface area contributed by atoms with E-state index in [1.807, 2.05) is 0 Å². The molecule has 0 saturated carbocycles. The zero-order chi connectivity index (χ0) is 7.28. The molecule has 0 unspecified atom stereocenters. The maximum atomic E-state index is 10.5. The molecule has 0 aromatic carbocycles. The van der Waals surface area contributed by atoms with E-state index >= 15 is 0 Å². The van der Waals surface area contributed by atoms with Crippen molar-refractivity contribution in [3.63, 3.8) is 0 Å². The Bertz CT molecular complexity index is 122. The number of carbonyl (C=O) groups excluding carboxylic acids is 1. The summed E-state index contributed by atoms with van der Waals surface area (Å²) in [5.41, 5.74) is 0. The Hall–Kier alpha value is -0.900. The van der Waals surface area contributed by atoms with Gasteiger partial charge in [-0.05, 0) is 13.8 Å². The molecule has 0 fully saturated rings. The van der Waals surface area contributed by atoms with E-state index in [1.165, 1.54) is 6.21 Å². The maximum Gasteiger partial charge on any atom is 0.366 e. The number of urea groups is 1. The van der Waals surface area contributed by atoms with Crippen LogP contribution in [0.25, 0.3) is 0 Å². The number of nitrogens with zero attached hydrogens (tertiary/aromatic N) is 2. The van der Waals surface area contributed by atoms with E-state index in [1.54, 1.807) is 13.8 Å². The fraction of sp³-hybridized carbons (Fsp3) is 0.600. The second-order valence-electron chi connectivity index (χ2n) is 1.39. The second kappa shape index (κ2) is 4.03. The van der Waals surface area contributed by atoms with Crippen molar-refractivity contribution >= 4 is 12.2 Å². The lowest BCUT2D eigenvalue weighted by Crippen LogP contribution is -2.23. The van der Waals surface area contributed by atoms with Crippen molar-refractivity contribution in [1.29, 1.82) is 0 Å². The van der Waals surface area contributed by atoms with Gasteiger partial charge in [0.25, 0.3) is 0 Å². The molecular weight excluding hydrogens is 120 g/mol. The van der Waals surface area contributed by atoms with Crippen LogP contribution in [-0.4, -0.2) is 29.1 Å². The molecule has 0 aliphatic carbocycles. The Morgan fingerprint density at radius 3 is 2.78 bits per heavy atom. The lowest BCUT2D eigenvalue weighted by molar-refractivity contribution is -0.0342. The molecule has 0 spiro atoms. The Labute approximate surface area is 53.8 Å². The topological polar surface area (TPSA) is 52.9 Å². The average Bonchev–Trinajstić information content (AvgIpc) is 1.87. The second-order valence-corrected chi connectivity index (χ2v) is 1.39. The largest absolute Gasteiger partial charge is 0.366 e. The van der Waals surface area contributed by atoms with Crippen molar-refractivity contribution in [3.8, 4) is 0 Å². The standard InChI is InChI=1S/C5H10N2O2/c1-3-6-5(8)7(9)4-2/h3,9H,4H2,1-2H3. The summed E-state index contributed by atoms with van der Waals surface area (Å²) >= 11 is 0. The van der Waals surface area contributed by atoms with E-state index in [9.17, 15) is 4.79 Å². The summed E-state index contributed by atoms with van der Waals surface area (Å²) in [5, 5.41) is 9.17. The highest BCUT2D eigenvalue weighted by Gasteiger charge is 2.02. The number of hydrogen-bond acceptors (Lipinski definition) is 2. The third-order valence-corrected chi connectivity index (χ3v) is 0.760. The first-order chi connectivity index (χ1) is 4.22. The van der Waals surface area contributed by atoms with Gasteiger partial charge in [0.15, 0.2) is 0 Å². The van der Waals surface area contributed by atoms with Gasteiger partial charge in [-0.3, -0.25) is 5.21 Å². The molecule has 2 amide bonds. The van der Waals surface area contributed by atoms with Crippen LogP contribution in [0.5, 0.6) is 0 Å². The third-order valence-electron chi connectivity index (χ3n) is 0.760. The molecule has 1 N–H and O–H groups in total. The highest BCUT2D eigenvalue weighted by molar-refractivity contribution is 5.81. The summed E-state index contributed by atoms with van der Waals surface area (Å²) in [6, 6.07) is -0.625. The van der Waals surface area contributed by atoms with Crippen LogP contribution in [0.15, 0.2) is 4.99 Å². The first kappa shape index (κ1) is 8.10. The number of hydrogen-bond donors (Lipinski definition) is 1. The SMILES string of the molecule is CC=NC(=O)N(O)CC. The average molecular weight is 130 g/mol. The van der Waals surface area contributed by atoms with Crippen molar-refractivity contribution in [2.45, 2.75) is 13.8 Å². The van der Waals surface area contributed by atoms with E-state index in [4.69, 9.17) is 5.21 Å². The Balaban J connectivity index is 3.73. The Morgan fingerprint density at radius 2 is 2.44 bits per heavy atom. The van der Waals surface area contributed by atoms with E-state index in [0.29, 0.717) is 5.06 Å². The van der Waals surface area contributed by atoms with E-state index < -0.39 is 6.03 Å². The summed E-state index contributed by atoms with van der Waals surface area (Å²) in [5.74, 6) is 0. The van der Waals surface area contributed by atoms with Gasteiger partial charge in [-0.2, -0.15) is 0 Å². The predicted molar refractivity (Wildman–Crippen MR) is 33.7 cm³/mol. The third kappa shape index (κ3) is 2.81. The Kier molecular flexibility index (Phi) is 3.62. The van der Waals surface area contributed by atoms with Gasteiger partial charge in [-0.1, -0.05) is 0 Å². The molecule has 4 nitrogen and oxygen atoms in total. The summed E-state index contributed by atoms with van der Waals surface area (Å²) in [7, 11) is 0. The van der Waals surface area contributed by atoms with Crippen molar-refractivity contribution in [3.05, 3.63) is 0 Å². The summed E-state index contributed by atoms with van der Waals surface area (Å²) < 4.78 is 0. The Morgan fingerprint density at radius 1 is 1.89 bits per heavy atom. The van der Waals surface area contributed by atoms with Gasteiger partial charge in [-0.15, -0.1) is 0 Å². The molecule has 0 heterocycles. The molecular formula is C5H10N2O2. The molecule has 0 atom stereocenters. The van der Waals surface area contributed by atoms with Gasteiger partial charge in [0.2, 0.25) is 0 Å². The smallest absolute Gasteiger partial charge is 0.284 e. The molecule has 0 saturated heterocycles. The number of carbonyl (C=O) groups is 1. The molecule has 0 aliphatic heterocycles. The number of hydroxylamine groups is 2. The molecule has 0 aromatic heterocycles. The van der Waals surface area contributed by atoms with Crippen LogP contribution in [0.3, 0.4) is 0 Å². The monoisotopic (exact) mass is 130 g/mol. The maximum absolute atomic E-state index is 10.5. The van der Waals surface area contributed by atoms with E-state index in [0.717, 1.165) is 0 Å². The lowest BCUT2D eigenvalue weighted by Gasteiger charge is -2.06. The van der Waals surface area contributed by atoms with Crippen LogP contribution in [0, 0.1) is 0 Å². The molecule has 0 rings (SSSR count). The number of aliphatic imine (C=N–C) groups is 1. The number of rotatable bonds is 1. The molecule has 4 heteroatoms. The highest BCUT2D eigenvalue weighted by Crippen LogP contribution is 1.84. The quantitative estimate of drug-likeness (QED) is 0.326. The minimum atomic E-state index is -0.625. The van der Waals surface area contributed by atoms with Crippen LogP contribution in [0.2, 0.25) is 0 Å². The summed E-state index contributed by atoms with van der Waals surface area (Å²) in [6.07, 6.45) is 1.33. The van der Waals surface area contributed by atoms with E-state index in [2.05, 4.69) is 4.99 Å². The highest BCUT2D eigenvalue weighted by atomic mass is 16.5.